The number of hydrogen-bond donors (Lipinski definition) is 1. The molecule has 0 bridgehead atoms. The summed E-state index contributed by atoms with van der Waals surface area (Å²) in [5.41, 5.74) is 2.74. The fourth-order valence-corrected chi connectivity index (χ4v) is 3.80. The maximum atomic E-state index is 13.3. The normalized spacial score (nSPS) is 13.3. The van der Waals surface area contributed by atoms with E-state index < -0.39 is 8.25 Å². The molecule has 0 aliphatic rings. The van der Waals surface area contributed by atoms with E-state index in [0.29, 0.717) is 17.0 Å². The zero-order chi connectivity index (χ0) is 24.2. The summed E-state index contributed by atoms with van der Waals surface area (Å²) in [6, 6.07) is 18.7. The fraction of sp³-hybridized carbons (Fsp3) is 0.296. The molecular formula is C27H33NO4P+. The van der Waals surface area contributed by atoms with Crippen molar-refractivity contribution in [3.63, 3.8) is 0 Å². The first-order valence-corrected chi connectivity index (χ1v) is 12.2. The van der Waals surface area contributed by atoms with Crippen LogP contribution in [-0.2, 0) is 25.0 Å². The predicted molar refractivity (Wildman–Crippen MR) is 135 cm³/mol. The largest absolute Gasteiger partial charge is 0.750 e. The summed E-state index contributed by atoms with van der Waals surface area (Å²) in [4.78, 5) is 13.3. The van der Waals surface area contributed by atoms with Gasteiger partial charge in [0.2, 0.25) is 5.76 Å². The van der Waals surface area contributed by atoms with Crippen LogP contribution in [0.2, 0.25) is 0 Å². The summed E-state index contributed by atoms with van der Waals surface area (Å²) in [5.74, 6) is -0.175. The van der Waals surface area contributed by atoms with E-state index in [4.69, 9.17) is 9.05 Å². The van der Waals surface area contributed by atoms with Crippen LogP contribution in [0.1, 0.15) is 40.2 Å². The molecule has 0 aliphatic carbocycles. The molecule has 1 N–H and O–H groups in total. The number of para-hydroxylation sites is 1. The van der Waals surface area contributed by atoms with Crippen molar-refractivity contribution in [1.82, 2.24) is 0 Å². The van der Waals surface area contributed by atoms with E-state index >= 15 is 0 Å². The van der Waals surface area contributed by atoms with Crippen molar-refractivity contribution in [2.75, 3.05) is 5.32 Å². The van der Waals surface area contributed by atoms with Gasteiger partial charge in [-0.2, -0.15) is 0 Å². The van der Waals surface area contributed by atoms with Crippen molar-refractivity contribution in [3.8, 4) is 0 Å². The number of nitrogens with one attached hydrogen (secondary N) is 1. The zero-order valence-electron chi connectivity index (χ0n) is 19.9. The van der Waals surface area contributed by atoms with Gasteiger partial charge in [-0.1, -0.05) is 94.5 Å². The molecule has 6 heteroatoms. The van der Waals surface area contributed by atoms with E-state index in [-0.39, 0.29) is 24.3 Å². The standard InChI is InChI=1S/C27H32NO4P/c1-6-7-18-24(20(2)3)26(32-33(30)31-19-22-14-10-8-11-15-22)25(21(4)5)27(29)28-23-16-12-9-13-17-23/h6-18,20-21H,19H2,1-5H3/p+1. The highest BCUT2D eigenvalue weighted by molar-refractivity contribution is 7.33. The van der Waals surface area contributed by atoms with Crippen LogP contribution in [0.3, 0.4) is 0 Å². The first-order chi connectivity index (χ1) is 15.8. The molecule has 0 fully saturated rings. The number of amides is 1. The van der Waals surface area contributed by atoms with E-state index in [0.717, 1.165) is 11.1 Å². The topological polar surface area (TPSA) is 64.6 Å². The number of carbonyl (C=O) groups excluding carboxylic acids is 1. The predicted octanol–water partition coefficient (Wildman–Crippen LogP) is 7.58. The lowest BCUT2D eigenvalue weighted by atomic mass is 9.92. The van der Waals surface area contributed by atoms with E-state index in [9.17, 15) is 9.36 Å². The lowest BCUT2D eigenvalue weighted by Gasteiger charge is -2.18. The van der Waals surface area contributed by atoms with Gasteiger partial charge in [0.25, 0.3) is 5.91 Å². The van der Waals surface area contributed by atoms with Gasteiger partial charge in [0.05, 0.1) is 5.57 Å². The second kappa shape index (κ2) is 13.5. The molecule has 0 saturated carbocycles. The van der Waals surface area contributed by atoms with Gasteiger partial charge in [-0.05, 0) is 36.5 Å². The SMILES string of the molecule is CC=CC=C(C(O[P+](=O)OCc1ccccc1)=C(C(=O)Nc1ccccc1)C(C)C)C(C)C. The maximum absolute atomic E-state index is 13.3. The van der Waals surface area contributed by atoms with Crippen molar-refractivity contribution in [2.24, 2.45) is 11.8 Å². The Morgan fingerprint density at radius 1 is 0.970 bits per heavy atom. The summed E-state index contributed by atoms with van der Waals surface area (Å²) in [5, 5.41) is 2.93. The molecule has 174 valence electrons. The number of benzene rings is 2. The average molecular weight is 467 g/mol. The molecule has 0 heterocycles. The Hall–Kier alpha value is -3.01. The molecule has 0 aromatic heterocycles. The molecule has 2 aromatic rings. The van der Waals surface area contributed by atoms with Gasteiger partial charge >= 0.3 is 8.25 Å². The Labute approximate surface area is 198 Å². The van der Waals surface area contributed by atoms with Crippen LogP contribution in [-0.4, -0.2) is 5.91 Å². The lowest BCUT2D eigenvalue weighted by molar-refractivity contribution is -0.113. The number of anilines is 1. The molecule has 0 saturated heterocycles. The molecule has 0 aliphatic heterocycles. The highest BCUT2D eigenvalue weighted by atomic mass is 31.1. The molecule has 0 spiro atoms. The van der Waals surface area contributed by atoms with E-state index in [1.54, 1.807) is 0 Å². The minimum absolute atomic E-state index is 0.0204. The Balaban J connectivity index is 2.43. The summed E-state index contributed by atoms with van der Waals surface area (Å²) >= 11 is 0. The number of allylic oxidation sites excluding steroid dienone is 4. The summed E-state index contributed by atoms with van der Waals surface area (Å²) < 4.78 is 24.2. The van der Waals surface area contributed by atoms with Gasteiger partial charge in [-0.3, -0.25) is 4.79 Å². The summed E-state index contributed by atoms with van der Waals surface area (Å²) in [6.45, 7) is 9.89. The van der Waals surface area contributed by atoms with E-state index in [2.05, 4.69) is 5.32 Å². The number of carbonyl (C=O) groups is 1. The monoisotopic (exact) mass is 466 g/mol. The van der Waals surface area contributed by atoms with Crippen molar-refractivity contribution in [2.45, 2.75) is 41.2 Å². The van der Waals surface area contributed by atoms with Crippen LogP contribution in [0.15, 0.2) is 95.8 Å². The van der Waals surface area contributed by atoms with Crippen LogP contribution >= 0.6 is 8.25 Å². The first kappa shape index (κ1) is 26.2. The smallest absolute Gasteiger partial charge is 0.322 e. The first-order valence-electron chi connectivity index (χ1n) is 11.1. The molecule has 2 rings (SSSR count). The van der Waals surface area contributed by atoms with Crippen molar-refractivity contribution < 1.29 is 18.4 Å². The third kappa shape index (κ3) is 8.45. The van der Waals surface area contributed by atoms with Crippen molar-refractivity contribution >= 4 is 19.8 Å². The second-order valence-electron chi connectivity index (χ2n) is 8.09. The van der Waals surface area contributed by atoms with Gasteiger partial charge in [0.1, 0.15) is 6.61 Å². The highest BCUT2D eigenvalue weighted by Gasteiger charge is 2.33. The minimum atomic E-state index is -2.51. The fourth-order valence-electron chi connectivity index (χ4n) is 3.14. The third-order valence-corrected chi connectivity index (χ3v) is 5.47. The number of hydrogen-bond acceptors (Lipinski definition) is 4. The zero-order valence-corrected chi connectivity index (χ0v) is 20.8. The molecule has 1 atom stereocenters. The summed E-state index contributed by atoms with van der Waals surface area (Å²) in [6.07, 6.45) is 5.66. The van der Waals surface area contributed by atoms with Crippen LogP contribution in [0, 0.1) is 11.8 Å². The maximum Gasteiger partial charge on any atom is 0.750 e. The molecule has 33 heavy (non-hydrogen) atoms. The van der Waals surface area contributed by atoms with Crippen LogP contribution in [0.5, 0.6) is 0 Å². The molecular weight excluding hydrogens is 433 g/mol. The second-order valence-corrected chi connectivity index (χ2v) is 8.98. The quantitative estimate of drug-likeness (QED) is 0.160. The minimum Gasteiger partial charge on any atom is -0.322 e. The van der Waals surface area contributed by atoms with E-state index in [1.165, 1.54) is 0 Å². The third-order valence-electron chi connectivity index (χ3n) is 4.80. The van der Waals surface area contributed by atoms with Crippen molar-refractivity contribution in [3.05, 3.63) is 101 Å². The van der Waals surface area contributed by atoms with Gasteiger partial charge in [0.15, 0.2) is 0 Å². The van der Waals surface area contributed by atoms with Gasteiger partial charge < -0.3 is 5.32 Å². The molecule has 0 radical (unpaired) electrons. The molecule has 1 amide bonds. The van der Waals surface area contributed by atoms with Crippen LogP contribution in [0.25, 0.3) is 0 Å². The van der Waals surface area contributed by atoms with Gasteiger partial charge in [0, 0.05) is 15.8 Å². The molecule has 1 unspecified atom stereocenters. The average Bonchev–Trinajstić information content (AvgIpc) is 2.79. The van der Waals surface area contributed by atoms with Crippen LogP contribution < -0.4 is 5.32 Å². The lowest BCUT2D eigenvalue weighted by Crippen LogP contribution is -2.21. The molecule has 2 aromatic carbocycles. The van der Waals surface area contributed by atoms with Gasteiger partial charge in [-0.15, -0.1) is 4.52 Å². The highest BCUT2D eigenvalue weighted by Crippen LogP contribution is 2.38. The summed E-state index contributed by atoms with van der Waals surface area (Å²) in [7, 11) is -2.51. The van der Waals surface area contributed by atoms with Gasteiger partial charge in [-0.25, -0.2) is 4.52 Å². The van der Waals surface area contributed by atoms with E-state index in [1.807, 2.05) is 114 Å². The van der Waals surface area contributed by atoms with Crippen molar-refractivity contribution in [1.29, 1.82) is 0 Å². The Bertz CT molecular complexity index is 1010. The Kier molecular flexibility index (Phi) is 10.8. The number of rotatable bonds is 11. The molecule has 5 nitrogen and oxygen atoms in total. The Morgan fingerprint density at radius 3 is 2.12 bits per heavy atom. The Morgan fingerprint density at radius 2 is 1.58 bits per heavy atom. The van der Waals surface area contributed by atoms with Crippen LogP contribution in [0.4, 0.5) is 5.69 Å².